The van der Waals surface area contributed by atoms with Gasteiger partial charge in [0.1, 0.15) is 0 Å². The van der Waals surface area contributed by atoms with Gasteiger partial charge in [-0.1, -0.05) is 25.3 Å². The third kappa shape index (κ3) is 4.31. The maximum absolute atomic E-state index is 12.1. The molecule has 25 heavy (non-hydrogen) atoms. The summed E-state index contributed by atoms with van der Waals surface area (Å²) in [4.78, 5) is 24.1. The van der Waals surface area contributed by atoms with Crippen molar-refractivity contribution in [1.29, 1.82) is 0 Å². The monoisotopic (exact) mass is 365 g/mol. The molecular formula is C17H23N3O4S. The molecule has 2 fully saturated rings. The number of rotatable bonds is 3. The molecule has 0 aromatic heterocycles. The summed E-state index contributed by atoms with van der Waals surface area (Å²) < 4.78 is 25.3. The summed E-state index contributed by atoms with van der Waals surface area (Å²) in [7, 11) is -3.28. The topological polar surface area (TPSA) is 95.6 Å². The molecule has 1 aromatic carbocycles. The standard InChI is InChI=1S/C17H23N3O4S/c21-16(18-13-6-2-1-3-7-13)17(22)19-14-8-4-9-15(12-14)20-10-5-11-25(20,23)24/h4,8-9,12-13H,1-3,5-7,10-11H2,(H,18,21)(H,19,22). The Morgan fingerprint density at radius 2 is 1.80 bits per heavy atom. The van der Waals surface area contributed by atoms with Crippen molar-refractivity contribution in [3.8, 4) is 0 Å². The third-order valence-corrected chi connectivity index (χ3v) is 6.51. The Morgan fingerprint density at radius 3 is 2.48 bits per heavy atom. The molecule has 0 spiro atoms. The molecule has 2 aliphatic rings. The molecule has 2 amide bonds. The lowest BCUT2D eigenvalue weighted by molar-refractivity contribution is -0.136. The molecule has 0 unspecified atom stereocenters. The van der Waals surface area contributed by atoms with E-state index in [0.29, 0.717) is 24.3 Å². The second-order valence-electron chi connectivity index (χ2n) is 6.55. The number of nitrogens with one attached hydrogen (secondary N) is 2. The fourth-order valence-electron chi connectivity index (χ4n) is 3.35. The summed E-state index contributed by atoms with van der Waals surface area (Å²) in [5.41, 5.74) is 0.909. The molecule has 136 valence electrons. The van der Waals surface area contributed by atoms with E-state index in [1.54, 1.807) is 24.3 Å². The molecule has 1 saturated carbocycles. The minimum atomic E-state index is -3.28. The maximum Gasteiger partial charge on any atom is 0.313 e. The van der Waals surface area contributed by atoms with Gasteiger partial charge < -0.3 is 10.6 Å². The van der Waals surface area contributed by atoms with Crippen molar-refractivity contribution in [2.45, 2.75) is 44.6 Å². The highest BCUT2D eigenvalue weighted by molar-refractivity contribution is 7.93. The molecule has 8 heteroatoms. The molecule has 1 saturated heterocycles. The minimum absolute atomic E-state index is 0.0630. The number of anilines is 2. The van der Waals surface area contributed by atoms with E-state index in [1.807, 2.05) is 0 Å². The first-order valence-electron chi connectivity index (χ1n) is 8.68. The lowest BCUT2D eigenvalue weighted by Gasteiger charge is -2.22. The van der Waals surface area contributed by atoms with Crippen molar-refractivity contribution in [2.24, 2.45) is 0 Å². The number of carbonyl (C=O) groups is 2. The summed E-state index contributed by atoms with van der Waals surface area (Å²) in [6.45, 7) is 0.432. The Hall–Kier alpha value is -2.09. The van der Waals surface area contributed by atoms with Crippen LogP contribution in [-0.4, -0.2) is 38.6 Å². The van der Waals surface area contributed by atoms with Gasteiger partial charge in [0.05, 0.1) is 11.4 Å². The van der Waals surface area contributed by atoms with E-state index in [1.165, 1.54) is 10.7 Å². The summed E-state index contributed by atoms with van der Waals surface area (Å²) in [6, 6.07) is 6.62. The highest BCUT2D eigenvalue weighted by atomic mass is 32.2. The van der Waals surface area contributed by atoms with Crippen molar-refractivity contribution >= 4 is 33.2 Å². The molecule has 3 rings (SSSR count). The van der Waals surface area contributed by atoms with Gasteiger partial charge in [-0.2, -0.15) is 0 Å². The minimum Gasteiger partial charge on any atom is -0.345 e. The number of carbonyl (C=O) groups excluding carboxylic acids is 2. The molecule has 2 N–H and O–H groups in total. The molecular weight excluding hydrogens is 342 g/mol. The van der Waals surface area contributed by atoms with Gasteiger partial charge in [0.2, 0.25) is 10.0 Å². The Labute approximate surface area is 147 Å². The van der Waals surface area contributed by atoms with E-state index >= 15 is 0 Å². The SMILES string of the molecule is O=C(Nc1cccc(N2CCCS2(=O)=O)c1)C(=O)NC1CCCCC1. The fourth-order valence-corrected chi connectivity index (χ4v) is 4.91. The van der Waals surface area contributed by atoms with Crippen LogP contribution in [0.2, 0.25) is 0 Å². The van der Waals surface area contributed by atoms with E-state index in [9.17, 15) is 18.0 Å². The number of amides is 2. The van der Waals surface area contributed by atoms with Crippen LogP contribution in [0, 0.1) is 0 Å². The number of sulfonamides is 1. The average molecular weight is 365 g/mol. The largest absolute Gasteiger partial charge is 0.345 e. The van der Waals surface area contributed by atoms with Crippen molar-refractivity contribution in [1.82, 2.24) is 5.32 Å². The summed E-state index contributed by atoms with van der Waals surface area (Å²) in [6.07, 6.45) is 5.70. The number of hydrogen-bond donors (Lipinski definition) is 2. The van der Waals surface area contributed by atoms with Gasteiger partial charge >= 0.3 is 11.8 Å². The van der Waals surface area contributed by atoms with Gasteiger partial charge in [0.15, 0.2) is 0 Å². The quantitative estimate of drug-likeness (QED) is 0.796. The molecule has 1 heterocycles. The van der Waals surface area contributed by atoms with Crippen molar-refractivity contribution in [3.05, 3.63) is 24.3 Å². The van der Waals surface area contributed by atoms with Gasteiger partial charge in [0.25, 0.3) is 0 Å². The highest BCUT2D eigenvalue weighted by Crippen LogP contribution is 2.26. The summed E-state index contributed by atoms with van der Waals surface area (Å²) >= 11 is 0. The Morgan fingerprint density at radius 1 is 1.04 bits per heavy atom. The van der Waals surface area contributed by atoms with Gasteiger partial charge in [-0.25, -0.2) is 8.42 Å². The molecule has 0 radical (unpaired) electrons. The van der Waals surface area contributed by atoms with Crippen molar-refractivity contribution in [3.63, 3.8) is 0 Å². The molecule has 1 aromatic rings. The first-order valence-corrected chi connectivity index (χ1v) is 10.3. The van der Waals surface area contributed by atoms with Gasteiger partial charge in [-0.05, 0) is 37.5 Å². The number of hydrogen-bond acceptors (Lipinski definition) is 4. The van der Waals surface area contributed by atoms with Gasteiger partial charge in [0, 0.05) is 18.3 Å². The molecule has 1 aliphatic carbocycles. The lowest BCUT2D eigenvalue weighted by Crippen LogP contribution is -2.42. The zero-order valence-corrected chi connectivity index (χ0v) is 14.8. The normalized spacial score (nSPS) is 20.2. The zero-order chi connectivity index (χ0) is 17.9. The van der Waals surface area contributed by atoms with Crippen molar-refractivity contribution < 1.29 is 18.0 Å². The molecule has 0 atom stereocenters. The average Bonchev–Trinajstić information content (AvgIpc) is 2.95. The highest BCUT2D eigenvalue weighted by Gasteiger charge is 2.28. The smallest absolute Gasteiger partial charge is 0.313 e. The predicted molar refractivity (Wildman–Crippen MR) is 95.8 cm³/mol. The van der Waals surface area contributed by atoms with Crippen molar-refractivity contribution in [2.75, 3.05) is 21.9 Å². The van der Waals surface area contributed by atoms with Crippen LogP contribution in [0.4, 0.5) is 11.4 Å². The third-order valence-electron chi connectivity index (χ3n) is 4.64. The summed E-state index contributed by atoms with van der Waals surface area (Å²) in [5, 5.41) is 5.31. The Bertz CT molecular complexity index is 757. The van der Waals surface area contributed by atoms with E-state index in [0.717, 1.165) is 25.7 Å². The van der Waals surface area contributed by atoms with Crippen LogP contribution >= 0.6 is 0 Å². The van der Waals surface area contributed by atoms with Gasteiger partial charge in [-0.15, -0.1) is 0 Å². The van der Waals surface area contributed by atoms with Crippen LogP contribution < -0.4 is 14.9 Å². The van der Waals surface area contributed by atoms with E-state index in [-0.39, 0.29) is 11.8 Å². The first-order chi connectivity index (χ1) is 12.0. The van der Waals surface area contributed by atoms with Gasteiger partial charge in [-0.3, -0.25) is 13.9 Å². The molecule has 1 aliphatic heterocycles. The Kier molecular flexibility index (Phi) is 5.27. The zero-order valence-electron chi connectivity index (χ0n) is 14.0. The first kappa shape index (κ1) is 17.7. The van der Waals surface area contributed by atoms with E-state index in [2.05, 4.69) is 10.6 Å². The predicted octanol–water partition coefficient (Wildman–Crippen LogP) is 1.61. The summed E-state index contributed by atoms with van der Waals surface area (Å²) in [5.74, 6) is -1.24. The Balaban J connectivity index is 1.63. The molecule has 0 bridgehead atoms. The van der Waals surface area contributed by atoms with Crippen LogP contribution in [0.1, 0.15) is 38.5 Å². The number of benzene rings is 1. The van der Waals surface area contributed by atoms with E-state index in [4.69, 9.17) is 0 Å². The van der Waals surface area contributed by atoms with Crippen LogP contribution in [0.5, 0.6) is 0 Å². The van der Waals surface area contributed by atoms with Crippen LogP contribution in [0.15, 0.2) is 24.3 Å². The van der Waals surface area contributed by atoms with Crippen LogP contribution in [0.25, 0.3) is 0 Å². The maximum atomic E-state index is 12.1. The van der Waals surface area contributed by atoms with E-state index < -0.39 is 21.8 Å². The number of nitrogens with zero attached hydrogens (tertiary/aromatic N) is 1. The van der Waals surface area contributed by atoms with Crippen LogP contribution in [-0.2, 0) is 19.6 Å². The van der Waals surface area contributed by atoms with Crippen LogP contribution in [0.3, 0.4) is 0 Å². The fraction of sp³-hybridized carbons (Fsp3) is 0.529. The lowest BCUT2D eigenvalue weighted by atomic mass is 9.95. The second kappa shape index (κ2) is 7.43. The second-order valence-corrected chi connectivity index (χ2v) is 8.57. The molecule has 7 nitrogen and oxygen atoms in total.